The molecule has 1 aromatic heterocycles. The van der Waals surface area contributed by atoms with Gasteiger partial charge in [0.1, 0.15) is 0 Å². The van der Waals surface area contributed by atoms with Crippen molar-refractivity contribution in [2.45, 2.75) is 0 Å². The second-order valence-corrected chi connectivity index (χ2v) is 1.93. The van der Waals surface area contributed by atoms with Gasteiger partial charge >= 0.3 is 0 Å². The summed E-state index contributed by atoms with van der Waals surface area (Å²) >= 11 is 0. The maximum Gasteiger partial charge on any atom is 0.178 e. The van der Waals surface area contributed by atoms with Crippen LogP contribution in [0.2, 0.25) is 0 Å². The zero-order valence-electron chi connectivity index (χ0n) is 5.86. The van der Waals surface area contributed by atoms with Gasteiger partial charge in [-0.15, -0.1) is 0 Å². The zero-order valence-corrected chi connectivity index (χ0v) is 5.86. The zero-order chi connectivity index (χ0) is 8.10. The lowest BCUT2D eigenvalue weighted by Gasteiger charge is -1.95. The van der Waals surface area contributed by atoms with E-state index in [4.69, 9.17) is 12.3 Å². The van der Waals surface area contributed by atoms with Crippen LogP contribution in [-0.2, 0) is 0 Å². The summed E-state index contributed by atoms with van der Waals surface area (Å²) in [6.07, 6.45) is 2.89. The lowest BCUT2D eigenvalue weighted by Crippen LogP contribution is -1.96. The van der Waals surface area contributed by atoms with Gasteiger partial charge in [0.25, 0.3) is 0 Å². The summed E-state index contributed by atoms with van der Waals surface area (Å²) in [6.45, 7) is 6.52. The molecule has 0 saturated carbocycles. The summed E-state index contributed by atoms with van der Waals surface area (Å²) < 4.78 is 0. The first-order valence-electron chi connectivity index (χ1n) is 3.08. The van der Waals surface area contributed by atoms with Gasteiger partial charge in [-0.2, -0.15) is 0 Å². The molecule has 0 aliphatic heterocycles. The first-order chi connectivity index (χ1) is 5.34. The standard InChI is InChI=1S/C8H7N3/c1-10-6-7(9)8-4-2-3-5-11-8/h2-6H,9H2. The molecule has 0 unspecified atom stereocenters. The van der Waals surface area contributed by atoms with Gasteiger partial charge in [0.2, 0.25) is 0 Å². The van der Waals surface area contributed by atoms with Gasteiger partial charge in [0.05, 0.1) is 18.0 Å². The molecule has 11 heavy (non-hydrogen) atoms. The molecule has 0 saturated heterocycles. The molecule has 0 aromatic carbocycles. The minimum absolute atomic E-state index is 0.403. The summed E-state index contributed by atoms with van der Waals surface area (Å²) in [5.41, 5.74) is 6.54. The Kier molecular flexibility index (Phi) is 2.24. The molecule has 1 heterocycles. The molecule has 0 spiro atoms. The molecular weight excluding hydrogens is 138 g/mol. The first kappa shape index (κ1) is 7.29. The van der Waals surface area contributed by atoms with Crippen LogP contribution in [0.5, 0.6) is 0 Å². The molecular formula is C8H7N3. The minimum atomic E-state index is 0.403. The molecule has 0 aliphatic carbocycles. The first-order valence-corrected chi connectivity index (χ1v) is 3.08. The highest BCUT2D eigenvalue weighted by molar-refractivity contribution is 5.59. The minimum Gasteiger partial charge on any atom is -0.406 e. The quantitative estimate of drug-likeness (QED) is 0.604. The van der Waals surface area contributed by atoms with Crippen molar-refractivity contribution in [3.05, 3.63) is 47.7 Å². The molecule has 3 nitrogen and oxygen atoms in total. The topological polar surface area (TPSA) is 43.3 Å². The van der Waals surface area contributed by atoms with Crippen molar-refractivity contribution < 1.29 is 0 Å². The average molecular weight is 145 g/mol. The van der Waals surface area contributed by atoms with Gasteiger partial charge in [-0.05, 0) is 12.1 Å². The monoisotopic (exact) mass is 145 g/mol. The SMILES string of the molecule is [C-]#[N+]C=C(N)c1ccccn1. The molecule has 0 amide bonds. The molecule has 1 rings (SSSR count). The highest BCUT2D eigenvalue weighted by Gasteiger charge is 1.92. The Labute approximate surface area is 65.0 Å². The average Bonchev–Trinajstić information content (AvgIpc) is 2.07. The third-order valence-corrected chi connectivity index (χ3v) is 1.16. The van der Waals surface area contributed by atoms with Crippen molar-refractivity contribution >= 4 is 5.70 Å². The lowest BCUT2D eigenvalue weighted by atomic mass is 10.3. The van der Waals surface area contributed by atoms with E-state index in [1.807, 2.05) is 6.07 Å². The fourth-order valence-corrected chi connectivity index (χ4v) is 0.669. The van der Waals surface area contributed by atoms with E-state index in [-0.39, 0.29) is 0 Å². The largest absolute Gasteiger partial charge is 0.406 e. The number of pyridine rings is 1. The van der Waals surface area contributed by atoms with Crippen molar-refractivity contribution in [1.29, 1.82) is 0 Å². The molecule has 0 aliphatic rings. The third-order valence-electron chi connectivity index (χ3n) is 1.16. The Hall–Kier alpha value is -1.82. The van der Waals surface area contributed by atoms with Crippen LogP contribution in [0.3, 0.4) is 0 Å². The summed E-state index contributed by atoms with van der Waals surface area (Å²) in [5.74, 6) is 0. The highest BCUT2D eigenvalue weighted by Crippen LogP contribution is 2.02. The fourth-order valence-electron chi connectivity index (χ4n) is 0.669. The summed E-state index contributed by atoms with van der Waals surface area (Å²) in [6, 6.07) is 5.39. The maximum absolute atomic E-state index is 6.52. The van der Waals surface area contributed by atoms with Crippen molar-refractivity contribution in [1.82, 2.24) is 4.98 Å². The van der Waals surface area contributed by atoms with E-state index in [0.717, 1.165) is 0 Å². The lowest BCUT2D eigenvalue weighted by molar-refractivity contribution is 1.26. The highest BCUT2D eigenvalue weighted by atomic mass is 14.8. The Balaban J connectivity index is 2.96. The number of rotatable bonds is 1. The van der Waals surface area contributed by atoms with Crippen LogP contribution < -0.4 is 5.73 Å². The molecule has 54 valence electrons. The van der Waals surface area contributed by atoms with Gasteiger partial charge in [-0.3, -0.25) is 4.98 Å². The van der Waals surface area contributed by atoms with E-state index in [1.165, 1.54) is 6.20 Å². The summed E-state index contributed by atoms with van der Waals surface area (Å²) in [5, 5.41) is 0. The molecule has 0 fully saturated rings. The molecule has 1 aromatic rings. The summed E-state index contributed by atoms with van der Waals surface area (Å²) in [7, 11) is 0. The second kappa shape index (κ2) is 3.37. The predicted octanol–water partition coefficient (Wildman–Crippen LogP) is 1.26. The number of hydrogen-bond acceptors (Lipinski definition) is 2. The van der Waals surface area contributed by atoms with Crippen LogP contribution >= 0.6 is 0 Å². The van der Waals surface area contributed by atoms with Crippen molar-refractivity contribution in [3.63, 3.8) is 0 Å². The third kappa shape index (κ3) is 1.80. The number of hydrogen-bond donors (Lipinski definition) is 1. The normalized spacial score (nSPS) is 10.6. The second-order valence-electron chi connectivity index (χ2n) is 1.93. The Bertz CT molecular complexity index is 295. The van der Waals surface area contributed by atoms with Gasteiger partial charge in [-0.25, -0.2) is 4.85 Å². The van der Waals surface area contributed by atoms with E-state index in [9.17, 15) is 0 Å². The smallest absolute Gasteiger partial charge is 0.178 e. The van der Waals surface area contributed by atoms with Crippen LogP contribution in [0.1, 0.15) is 5.69 Å². The number of nitrogens with two attached hydrogens (primary N) is 1. The van der Waals surface area contributed by atoms with Gasteiger partial charge < -0.3 is 5.73 Å². The Morgan fingerprint density at radius 3 is 3.00 bits per heavy atom. The van der Waals surface area contributed by atoms with Crippen LogP contribution in [0.15, 0.2) is 30.6 Å². The number of aromatic nitrogens is 1. The molecule has 0 atom stereocenters. The molecule has 2 N–H and O–H groups in total. The van der Waals surface area contributed by atoms with Crippen LogP contribution in [0.4, 0.5) is 0 Å². The van der Waals surface area contributed by atoms with Crippen LogP contribution in [-0.4, -0.2) is 4.98 Å². The molecule has 3 heteroatoms. The van der Waals surface area contributed by atoms with Gasteiger partial charge in [0.15, 0.2) is 6.20 Å². The Morgan fingerprint density at radius 1 is 1.64 bits per heavy atom. The predicted molar refractivity (Wildman–Crippen MR) is 43.0 cm³/mol. The maximum atomic E-state index is 6.52. The molecule has 0 bridgehead atoms. The summed E-state index contributed by atoms with van der Waals surface area (Å²) in [4.78, 5) is 7.00. The van der Waals surface area contributed by atoms with Crippen molar-refractivity contribution in [2.24, 2.45) is 5.73 Å². The number of nitrogens with zero attached hydrogens (tertiary/aromatic N) is 2. The van der Waals surface area contributed by atoms with E-state index in [1.54, 1.807) is 18.3 Å². The van der Waals surface area contributed by atoms with E-state index in [0.29, 0.717) is 11.4 Å². The van der Waals surface area contributed by atoms with Crippen LogP contribution in [0, 0.1) is 6.57 Å². The van der Waals surface area contributed by atoms with E-state index < -0.39 is 0 Å². The van der Waals surface area contributed by atoms with Crippen molar-refractivity contribution in [3.8, 4) is 0 Å². The van der Waals surface area contributed by atoms with Gasteiger partial charge in [0, 0.05) is 6.20 Å². The fraction of sp³-hybridized carbons (Fsp3) is 0. The Morgan fingerprint density at radius 2 is 2.45 bits per heavy atom. The van der Waals surface area contributed by atoms with E-state index >= 15 is 0 Å². The van der Waals surface area contributed by atoms with Crippen LogP contribution in [0.25, 0.3) is 10.5 Å². The van der Waals surface area contributed by atoms with Gasteiger partial charge in [-0.1, -0.05) is 6.07 Å². The van der Waals surface area contributed by atoms with E-state index in [2.05, 4.69) is 9.83 Å². The van der Waals surface area contributed by atoms with Crippen molar-refractivity contribution in [2.75, 3.05) is 0 Å². The molecule has 0 radical (unpaired) electrons.